The summed E-state index contributed by atoms with van der Waals surface area (Å²) in [4.78, 5) is 16.9. The van der Waals surface area contributed by atoms with Crippen LogP contribution in [0.15, 0.2) is 36.4 Å². The topological polar surface area (TPSA) is 85.3 Å². The van der Waals surface area contributed by atoms with Crippen LogP contribution in [0.2, 0.25) is 0 Å². The molecule has 21 heavy (non-hydrogen) atoms. The lowest BCUT2D eigenvalue weighted by Gasteiger charge is -2.23. The Bertz CT molecular complexity index is 658. The molecular formula is C15H18N4O2. The summed E-state index contributed by atoms with van der Waals surface area (Å²) >= 11 is 0. The van der Waals surface area contributed by atoms with Crippen molar-refractivity contribution in [1.82, 2.24) is 4.98 Å². The molecule has 0 atom stereocenters. The van der Waals surface area contributed by atoms with Crippen LogP contribution in [-0.2, 0) is 6.54 Å². The van der Waals surface area contributed by atoms with E-state index in [1.165, 1.54) is 6.07 Å². The van der Waals surface area contributed by atoms with Crippen LogP contribution < -0.4 is 10.6 Å². The maximum Gasteiger partial charge on any atom is 0.292 e. The van der Waals surface area contributed by atoms with Crippen LogP contribution in [-0.4, -0.2) is 16.5 Å². The average molecular weight is 286 g/mol. The summed E-state index contributed by atoms with van der Waals surface area (Å²) in [5.74, 6) is 0. The fourth-order valence-electron chi connectivity index (χ4n) is 2.17. The van der Waals surface area contributed by atoms with Crippen LogP contribution in [0.5, 0.6) is 0 Å². The van der Waals surface area contributed by atoms with Gasteiger partial charge >= 0.3 is 0 Å². The summed E-state index contributed by atoms with van der Waals surface area (Å²) < 4.78 is 0. The van der Waals surface area contributed by atoms with Crippen molar-refractivity contribution in [3.05, 3.63) is 57.9 Å². The van der Waals surface area contributed by atoms with Crippen LogP contribution in [0.1, 0.15) is 18.3 Å². The first-order valence-corrected chi connectivity index (χ1v) is 6.72. The Morgan fingerprint density at radius 2 is 2.10 bits per heavy atom. The predicted molar refractivity (Wildman–Crippen MR) is 83.2 cm³/mol. The van der Waals surface area contributed by atoms with Gasteiger partial charge in [0.2, 0.25) is 0 Å². The van der Waals surface area contributed by atoms with Gasteiger partial charge in [-0.3, -0.25) is 15.1 Å². The van der Waals surface area contributed by atoms with Crippen molar-refractivity contribution in [2.75, 3.05) is 17.2 Å². The number of nitrogens with two attached hydrogens (primary N) is 1. The number of rotatable bonds is 5. The molecule has 2 N–H and O–H groups in total. The molecule has 6 nitrogen and oxygen atoms in total. The predicted octanol–water partition coefficient (Wildman–Crippen LogP) is 2.91. The van der Waals surface area contributed by atoms with Gasteiger partial charge in [-0.05, 0) is 38.1 Å². The number of hydrogen-bond donors (Lipinski definition) is 1. The van der Waals surface area contributed by atoms with E-state index >= 15 is 0 Å². The van der Waals surface area contributed by atoms with E-state index in [2.05, 4.69) is 9.88 Å². The molecule has 0 spiro atoms. The smallest absolute Gasteiger partial charge is 0.292 e. The van der Waals surface area contributed by atoms with E-state index in [-0.39, 0.29) is 11.4 Å². The Morgan fingerprint density at radius 3 is 2.67 bits per heavy atom. The van der Waals surface area contributed by atoms with E-state index < -0.39 is 4.92 Å². The zero-order valence-electron chi connectivity index (χ0n) is 12.1. The minimum atomic E-state index is -0.475. The van der Waals surface area contributed by atoms with E-state index in [1.807, 2.05) is 32.0 Å². The molecule has 1 aromatic heterocycles. The number of nitrogens with zero attached hydrogens (tertiary/aromatic N) is 3. The number of nitro groups is 1. The zero-order valence-corrected chi connectivity index (χ0v) is 12.1. The number of aromatic nitrogens is 1. The highest BCUT2D eigenvalue weighted by atomic mass is 16.6. The van der Waals surface area contributed by atoms with E-state index in [9.17, 15) is 10.1 Å². The summed E-state index contributed by atoms with van der Waals surface area (Å²) in [6, 6.07) is 10.7. The fraction of sp³-hybridized carbons (Fsp3) is 0.267. The van der Waals surface area contributed by atoms with Gasteiger partial charge in [0.25, 0.3) is 5.69 Å². The lowest BCUT2D eigenvalue weighted by Crippen LogP contribution is -2.22. The van der Waals surface area contributed by atoms with Crippen molar-refractivity contribution < 1.29 is 4.92 Å². The Labute approximate surface area is 123 Å². The molecule has 110 valence electrons. The molecule has 0 aliphatic heterocycles. The number of anilines is 2. The van der Waals surface area contributed by atoms with Gasteiger partial charge in [0.1, 0.15) is 5.69 Å². The van der Waals surface area contributed by atoms with Crippen molar-refractivity contribution in [2.24, 2.45) is 0 Å². The van der Waals surface area contributed by atoms with Gasteiger partial charge in [0.15, 0.2) is 0 Å². The first kappa shape index (κ1) is 14.8. The second kappa shape index (κ2) is 6.21. The molecule has 2 aromatic rings. The largest absolute Gasteiger partial charge is 0.393 e. The van der Waals surface area contributed by atoms with Crippen molar-refractivity contribution in [2.45, 2.75) is 20.4 Å². The molecule has 1 aromatic carbocycles. The number of nitrogen functional groups attached to an aromatic ring is 1. The first-order chi connectivity index (χ1) is 10.0. The molecule has 0 aliphatic carbocycles. The molecule has 0 fully saturated rings. The Hall–Kier alpha value is -2.63. The van der Waals surface area contributed by atoms with E-state index in [0.717, 1.165) is 23.6 Å². The summed E-state index contributed by atoms with van der Waals surface area (Å²) in [6.07, 6.45) is 0. The summed E-state index contributed by atoms with van der Waals surface area (Å²) in [7, 11) is 0. The Kier molecular flexibility index (Phi) is 4.37. The van der Waals surface area contributed by atoms with Crippen LogP contribution in [0.4, 0.5) is 17.1 Å². The number of hydrogen-bond acceptors (Lipinski definition) is 5. The molecule has 0 saturated heterocycles. The van der Waals surface area contributed by atoms with E-state index in [4.69, 9.17) is 5.73 Å². The second-order valence-electron chi connectivity index (χ2n) is 4.78. The lowest BCUT2D eigenvalue weighted by molar-refractivity contribution is -0.383. The monoisotopic (exact) mass is 286 g/mol. The SMILES string of the molecule is CCN(Cc1cccc(C)n1)c1ccc([N+](=O)[O-])c(N)c1. The van der Waals surface area contributed by atoms with Gasteiger partial charge in [-0.1, -0.05) is 6.07 Å². The maximum absolute atomic E-state index is 10.8. The molecule has 0 saturated carbocycles. The minimum absolute atomic E-state index is 0.0662. The highest BCUT2D eigenvalue weighted by Crippen LogP contribution is 2.27. The second-order valence-corrected chi connectivity index (χ2v) is 4.78. The molecule has 0 unspecified atom stereocenters. The fourth-order valence-corrected chi connectivity index (χ4v) is 2.17. The number of pyridine rings is 1. The molecule has 2 rings (SSSR count). The molecular weight excluding hydrogens is 268 g/mol. The molecule has 6 heteroatoms. The van der Waals surface area contributed by atoms with Crippen LogP contribution in [0.3, 0.4) is 0 Å². The van der Waals surface area contributed by atoms with Crippen molar-refractivity contribution in [3.63, 3.8) is 0 Å². The standard InChI is InChI=1S/C15H18N4O2/c1-3-18(10-12-6-4-5-11(2)17-12)13-7-8-15(19(20)21)14(16)9-13/h4-9H,3,10,16H2,1-2H3. The molecule has 0 radical (unpaired) electrons. The number of benzene rings is 1. The number of aryl methyl sites for hydroxylation is 1. The van der Waals surface area contributed by atoms with E-state index in [0.29, 0.717) is 6.54 Å². The Morgan fingerprint density at radius 1 is 1.33 bits per heavy atom. The highest BCUT2D eigenvalue weighted by molar-refractivity contribution is 5.66. The van der Waals surface area contributed by atoms with Gasteiger partial charge in [-0.2, -0.15) is 0 Å². The highest BCUT2D eigenvalue weighted by Gasteiger charge is 2.14. The van der Waals surface area contributed by atoms with Crippen molar-refractivity contribution in [3.8, 4) is 0 Å². The van der Waals surface area contributed by atoms with Gasteiger partial charge < -0.3 is 10.6 Å². The minimum Gasteiger partial charge on any atom is -0.393 e. The third-order valence-corrected chi connectivity index (χ3v) is 3.25. The maximum atomic E-state index is 10.8. The van der Waals surface area contributed by atoms with E-state index in [1.54, 1.807) is 12.1 Å². The normalized spacial score (nSPS) is 10.4. The molecule has 0 bridgehead atoms. The first-order valence-electron chi connectivity index (χ1n) is 6.72. The van der Waals surface area contributed by atoms with Gasteiger partial charge in [0.05, 0.1) is 17.2 Å². The van der Waals surface area contributed by atoms with Crippen molar-refractivity contribution in [1.29, 1.82) is 0 Å². The van der Waals surface area contributed by atoms with Crippen LogP contribution in [0.25, 0.3) is 0 Å². The van der Waals surface area contributed by atoms with Crippen LogP contribution >= 0.6 is 0 Å². The number of nitro benzene ring substituents is 1. The van der Waals surface area contributed by atoms with Gasteiger partial charge in [0, 0.05) is 24.0 Å². The van der Waals surface area contributed by atoms with Crippen LogP contribution in [0, 0.1) is 17.0 Å². The third-order valence-electron chi connectivity index (χ3n) is 3.25. The van der Waals surface area contributed by atoms with Crippen molar-refractivity contribution >= 4 is 17.1 Å². The molecule has 0 amide bonds. The summed E-state index contributed by atoms with van der Waals surface area (Å²) in [5, 5.41) is 10.8. The molecule has 0 aliphatic rings. The lowest BCUT2D eigenvalue weighted by atomic mass is 10.2. The van der Waals surface area contributed by atoms with Gasteiger partial charge in [-0.25, -0.2) is 0 Å². The quantitative estimate of drug-likeness (QED) is 0.519. The Balaban J connectivity index is 2.25. The zero-order chi connectivity index (χ0) is 15.4. The third kappa shape index (κ3) is 3.47. The molecule has 1 heterocycles. The average Bonchev–Trinajstić information content (AvgIpc) is 2.44. The summed E-state index contributed by atoms with van der Waals surface area (Å²) in [5.41, 5.74) is 8.62. The van der Waals surface area contributed by atoms with Gasteiger partial charge in [-0.15, -0.1) is 0 Å². The summed E-state index contributed by atoms with van der Waals surface area (Å²) in [6.45, 7) is 5.36.